The molecule has 212 valence electrons. The number of H-pyrrole nitrogens is 1. The third-order valence-electron chi connectivity index (χ3n) is 7.09. The summed E-state index contributed by atoms with van der Waals surface area (Å²) in [6, 6.07) is 0. The molecule has 7 rings (SSSR count). The number of aliphatic hydroxyl groups excluding tert-OH is 1. The first-order valence-electron chi connectivity index (χ1n) is 12.2. The van der Waals surface area contributed by atoms with Gasteiger partial charge in [0.05, 0.1) is 25.4 Å². The molecule has 0 radical (unpaired) electrons. The molecule has 3 aliphatic heterocycles. The number of nitrogen functional groups attached to an aromatic ring is 2. The number of aromatic nitrogens is 8. The Labute approximate surface area is 226 Å². The Hall–Kier alpha value is -3.08. The standard InChI is InChI=1S/C20H24N10O8P2/c21-14-11-15(24-4-23-14)29(5-25-11)19-13(31)7-3-39-37-10-1-8(38-40(33)34-2-9(7)35-19)18(36-10)30-6-26-12-16(30)27-20(22)28-17(12)32/h4-10,13,18-19,31,39-40H,1-3H2,(H2,21,23,24)(H3,22,27,28,32)/t7?,8-,9?,10+,13?,18?,19?/m0/s1. The number of aliphatic hydroxyl groups is 1. The molecular weight excluding hydrogens is 570 g/mol. The van der Waals surface area contributed by atoms with Crippen LogP contribution in [0.2, 0.25) is 0 Å². The molecule has 0 saturated carbocycles. The van der Waals surface area contributed by atoms with Gasteiger partial charge in [0.1, 0.15) is 24.1 Å². The van der Waals surface area contributed by atoms with Crippen LogP contribution in [0.1, 0.15) is 18.9 Å². The van der Waals surface area contributed by atoms with Crippen LogP contribution in [0.5, 0.6) is 0 Å². The second-order valence-corrected chi connectivity index (χ2v) is 11.4. The number of nitrogens with one attached hydrogen (secondary N) is 1. The van der Waals surface area contributed by atoms with E-state index in [2.05, 4.69) is 29.9 Å². The Morgan fingerprint density at radius 1 is 1.05 bits per heavy atom. The Balaban J connectivity index is 1.12. The quantitative estimate of drug-likeness (QED) is 0.217. The molecule has 20 heteroatoms. The Kier molecular flexibility index (Phi) is 6.52. The van der Waals surface area contributed by atoms with Gasteiger partial charge in [0.2, 0.25) is 5.95 Å². The van der Waals surface area contributed by atoms with Crippen LogP contribution in [0.3, 0.4) is 0 Å². The predicted molar refractivity (Wildman–Crippen MR) is 138 cm³/mol. The zero-order valence-electron chi connectivity index (χ0n) is 20.5. The first-order chi connectivity index (χ1) is 19.4. The molecule has 6 N–H and O–H groups in total. The van der Waals surface area contributed by atoms with E-state index in [0.717, 1.165) is 0 Å². The molecule has 3 fully saturated rings. The number of hydrogen-bond donors (Lipinski definition) is 4. The lowest BCUT2D eigenvalue weighted by molar-refractivity contribution is -0.0993. The first-order valence-corrected chi connectivity index (χ1v) is 14.6. The zero-order chi connectivity index (χ0) is 27.5. The van der Waals surface area contributed by atoms with E-state index in [1.165, 1.54) is 23.5 Å². The number of fused-ring (bicyclic) bond motifs is 5. The summed E-state index contributed by atoms with van der Waals surface area (Å²) in [5.41, 5.74) is 12.2. The van der Waals surface area contributed by atoms with Gasteiger partial charge in [0.25, 0.3) is 5.56 Å². The smallest absolute Gasteiger partial charge is 0.319 e. The minimum absolute atomic E-state index is 0.0675. The van der Waals surface area contributed by atoms with E-state index in [0.29, 0.717) is 17.3 Å². The zero-order valence-corrected chi connectivity index (χ0v) is 22.5. The average molecular weight is 594 g/mol. The second-order valence-electron chi connectivity index (χ2n) is 9.45. The summed E-state index contributed by atoms with van der Waals surface area (Å²) < 4.78 is 45.6. The van der Waals surface area contributed by atoms with Crippen molar-refractivity contribution in [2.45, 2.75) is 43.5 Å². The molecule has 7 heterocycles. The second kappa shape index (κ2) is 10.1. The minimum atomic E-state index is -3.06. The number of nitrogens with two attached hydrogens (primary N) is 2. The number of ether oxygens (including phenoxy) is 2. The van der Waals surface area contributed by atoms with Crippen molar-refractivity contribution in [3.63, 3.8) is 0 Å². The lowest BCUT2D eigenvalue weighted by atomic mass is 10.0. The molecule has 7 unspecified atom stereocenters. The fourth-order valence-electron chi connectivity index (χ4n) is 5.20. The Bertz CT molecular complexity index is 1660. The maximum atomic E-state index is 12.9. The van der Waals surface area contributed by atoms with E-state index >= 15 is 0 Å². The average Bonchev–Trinajstić information content (AvgIpc) is 3.68. The number of nitrogens with zero attached hydrogens (tertiary/aromatic N) is 7. The van der Waals surface area contributed by atoms with E-state index in [-0.39, 0.29) is 44.8 Å². The van der Waals surface area contributed by atoms with Gasteiger partial charge in [-0.2, -0.15) is 4.98 Å². The molecule has 0 aliphatic carbocycles. The number of imidazole rings is 2. The third-order valence-corrected chi connectivity index (χ3v) is 9.05. The van der Waals surface area contributed by atoms with Gasteiger partial charge in [0, 0.05) is 21.1 Å². The highest BCUT2D eigenvalue weighted by molar-refractivity contribution is 7.33. The Morgan fingerprint density at radius 3 is 2.70 bits per heavy atom. The van der Waals surface area contributed by atoms with E-state index in [4.69, 9.17) is 34.5 Å². The molecule has 40 heavy (non-hydrogen) atoms. The highest BCUT2D eigenvalue weighted by atomic mass is 31.1. The van der Waals surface area contributed by atoms with E-state index in [1.807, 2.05) is 0 Å². The van der Waals surface area contributed by atoms with Crippen LogP contribution in [0.4, 0.5) is 11.8 Å². The maximum absolute atomic E-state index is 12.9. The molecule has 0 spiro atoms. The predicted octanol–water partition coefficient (Wildman–Crippen LogP) is -0.341. The summed E-state index contributed by atoms with van der Waals surface area (Å²) in [7, 11) is -3.14. The van der Waals surface area contributed by atoms with Gasteiger partial charge in [-0.05, 0) is 6.16 Å². The number of anilines is 2. The van der Waals surface area contributed by atoms with Crippen molar-refractivity contribution in [3.8, 4) is 0 Å². The monoisotopic (exact) mass is 594 g/mol. The fraction of sp³-hybridized carbons (Fsp3) is 0.500. The van der Waals surface area contributed by atoms with Crippen molar-refractivity contribution in [2.75, 3.05) is 24.2 Å². The number of rotatable bonds is 2. The van der Waals surface area contributed by atoms with Crippen molar-refractivity contribution < 1.29 is 32.7 Å². The molecule has 4 aromatic heterocycles. The molecule has 3 aliphatic rings. The highest BCUT2D eigenvalue weighted by Crippen LogP contribution is 2.45. The summed E-state index contributed by atoms with van der Waals surface area (Å²) in [6.45, 7) is -0.104. The number of hydrogen-bond acceptors (Lipinski definition) is 15. The van der Waals surface area contributed by atoms with Gasteiger partial charge >= 0.3 is 8.25 Å². The molecule has 2 bridgehead atoms. The molecule has 3 saturated heterocycles. The lowest BCUT2D eigenvalue weighted by Crippen LogP contribution is -2.30. The number of aromatic amines is 1. The van der Waals surface area contributed by atoms with Crippen molar-refractivity contribution in [1.82, 2.24) is 39.0 Å². The third kappa shape index (κ3) is 4.37. The molecule has 9 atom stereocenters. The van der Waals surface area contributed by atoms with Gasteiger partial charge in [-0.1, -0.05) is 0 Å². The topological polar surface area (TPSA) is 243 Å². The van der Waals surface area contributed by atoms with Crippen LogP contribution in [0.25, 0.3) is 22.3 Å². The molecule has 0 aromatic carbocycles. The maximum Gasteiger partial charge on any atom is 0.319 e. The first kappa shape index (κ1) is 25.9. The molecule has 18 nitrogen and oxygen atoms in total. The van der Waals surface area contributed by atoms with Crippen LogP contribution in [-0.2, 0) is 27.6 Å². The fourth-order valence-corrected chi connectivity index (χ4v) is 7.16. The van der Waals surface area contributed by atoms with Crippen LogP contribution >= 0.6 is 17.1 Å². The van der Waals surface area contributed by atoms with Crippen LogP contribution in [0.15, 0.2) is 23.8 Å². The normalized spacial score (nSPS) is 33.7. The van der Waals surface area contributed by atoms with Crippen molar-refractivity contribution in [3.05, 3.63) is 29.3 Å². The summed E-state index contributed by atoms with van der Waals surface area (Å²) in [5, 5.41) is 11.3. The molecular formula is C20H24N10O8P2. The SMILES string of the molecule is Nc1nc2c(ncn2C2O[C@H]3C[C@@H]2O[PH](=O)OCC2OC(n4cnc5c(N)ncnc54)C(O)C2CPO3)c(=O)[nH]1. The van der Waals surface area contributed by atoms with Gasteiger partial charge in [0.15, 0.2) is 41.4 Å². The Morgan fingerprint density at radius 2 is 1.85 bits per heavy atom. The van der Waals surface area contributed by atoms with Crippen LogP contribution in [-0.4, -0.2) is 81.5 Å². The largest absolute Gasteiger partial charge is 0.388 e. The van der Waals surface area contributed by atoms with Gasteiger partial charge in [-0.15, -0.1) is 0 Å². The molecule has 4 aromatic rings. The lowest BCUT2D eigenvalue weighted by Gasteiger charge is -2.22. The highest BCUT2D eigenvalue weighted by Gasteiger charge is 2.47. The van der Waals surface area contributed by atoms with Crippen molar-refractivity contribution in [1.29, 1.82) is 0 Å². The summed E-state index contributed by atoms with van der Waals surface area (Å²) in [6.07, 6.45) is -0.00760. The van der Waals surface area contributed by atoms with E-state index in [1.54, 1.807) is 4.57 Å². The minimum Gasteiger partial charge on any atom is -0.388 e. The van der Waals surface area contributed by atoms with Crippen LogP contribution in [0, 0.1) is 5.92 Å². The summed E-state index contributed by atoms with van der Waals surface area (Å²) in [4.78, 5) is 35.3. The van der Waals surface area contributed by atoms with Crippen LogP contribution < -0.4 is 17.0 Å². The van der Waals surface area contributed by atoms with Gasteiger partial charge < -0.3 is 39.6 Å². The molecule has 0 amide bonds. The van der Waals surface area contributed by atoms with E-state index < -0.39 is 56.8 Å². The summed E-state index contributed by atoms with van der Waals surface area (Å²) >= 11 is 0. The van der Waals surface area contributed by atoms with E-state index in [9.17, 15) is 14.5 Å². The van der Waals surface area contributed by atoms with Crippen molar-refractivity contribution in [2.24, 2.45) is 5.92 Å². The summed E-state index contributed by atoms with van der Waals surface area (Å²) in [5.74, 6) is -0.312. The van der Waals surface area contributed by atoms with Crippen molar-refractivity contribution >= 4 is 51.2 Å². The van der Waals surface area contributed by atoms with Gasteiger partial charge in [-0.3, -0.25) is 23.5 Å². The van der Waals surface area contributed by atoms with Gasteiger partial charge in [-0.25, -0.2) is 19.9 Å².